The summed E-state index contributed by atoms with van der Waals surface area (Å²) in [7, 11) is 0. The van der Waals surface area contributed by atoms with Crippen molar-refractivity contribution in [1.29, 1.82) is 0 Å². The van der Waals surface area contributed by atoms with Gasteiger partial charge in [0.25, 0.3) is 0 Å². The van der Waals surface area contributed by atoms with Crippen molar-refractivity contribution in [3.8, 4) is 0 Å². The summed E-state index contributed by atoms with van der Waals surface area (Å²) in [5.74, 6) is 0.221. The highest BCUT2D eigenvalue weighted by molar-refractivity contribution is 5.92. The van der Waals surface area contributed by atoms with Gasteiger partial charge in [-0.05, 0) is 13.0 Å². The molecule has 0 aliphatic rings. The highest BCUT2D eigenvalue weighted by Gasteiger charge is 2.11. The number of rotatable bonds is 5. The number of hydrogen-bond acceptors (Lipinski definition) is 7. The first-order valence-corrected chi connectivity index (χ1v) is 5.25. The zero-order valence-corrected chi connectivity index (χ0v) is 9.62. The summed E-state index contributed by atoms with van der Waals surface area (Å²) in [4.78, 5) is 14.9. The molecule has 0 spiro atoms. The Morgan fingerprint density at radius 1 is 1.56 bits per heavy atom. The first-order chi connectivity index (χ1) is 8.66. The Bertz CT molecular complexity index is 554. The molecule has 2 aromatic heterocycles. The quantitative estimate of drug-likeness (QED) is 0.788. The van der Waals surface area contributed by atoms with E-state index >= 15 is 0 Å². The topological polar surface area (TPSA) is 114 Å². The van der Waals surface area contributed by atoms with Crippen molar-refractivity contribution in [2.24, 2.45) is 0 Å². The first-order valence-electron chi connectivity index (χ1n) is 5.25. The fourth-order valence-electron chi connectivity index (χ4n) is 1.36. The van der Waals surface area contributed by atoms with E-state index in [-0.39, 0.29) is 11.4 Å². The van der Waals surface area contributed by atoms with E-state index in [9.17, 15) is 4.79 Å². The van der Waals surface area contributed by atoms with Crippen LogP contribution in [0.4, 0.5) is 5.82 Å². The second-order valence-corrected chi connectivity index (χ2v) is 3.51. The summed E-state index contributed by atoms with van der Waals surface area (Å²) < 4.78 is 4.93. The van der Waals surface area contributed by atoms with E-state index in [0.717, 1.165) is 0 Å². The van der Waals surface area contributed by atoms with E-state index in [1.165, 1.54) is 12.3 Å². The summed E-state index contributed by atoms with van der Waals surface area (Å²) in [6, 6.07) is 1.38. The van der Waals surface area contributed by atoms with Crippen molar-refractivity contribution < 1.29 is 14.4 Å². The maximum absolute atomic E-state index is 10.9. The van der Waals surface area contributed by atoms with Gasteiger partial charge in [-0.1, -0.05) is 5.16 Å². The lowest BCUT2D eigenvalue weighted by Crippen LogP contribution is -2.12. The van der Waals surface area contributed by atoms with Crippen molar-refractivity contribution in [1.82, 2.24) is 20.3 Å². The average molecular weight is 249 g/mol. The number of carboxylic acids is 1. The molecule has 0 saturated carbocycles. The van der Waals surface area contributed by atoms with E-state index in [1.807, 2.05) is 0 Å². The van der Waals surface area contributed by atoms with Gasteiger partial charge in [-0.2, -0.15) is 10.1 Å². The summed E-state index contributed by atoms with van der Waals surface area (Å²) in [6.07, 6.45) is 1.81. The molecule has 0 aromatic carbocycles. The van der Waals surface area contributed by atoms with Crippen LogP contribution in [-0.4, -0.2) is 38.0 Å². The molecule has 2 heterocycles. The lowest BCUT2D eigenvalue weighted by molar-refractivity contribution is 0.0697. The van der Waals surface area contributed by atoms with E-state index in [0.29, 0.717) is 24.7 Å². The molecule has 0 atom stereocenters. The Labute approximate surface area is 102 Å². The second-order valence-electron chi connectivity index (χ2n) is 3.51. The Hall–Kier alpha value is -2.51. The molecular formula is C10H11N5O3. The normalized spacial score (nSPS) is 10.3. The largest absolute Gasteiger partial charge is 0.478 e. The molecule has 8 heteroatoms. The Morgan fingerprint density at radius 3 is 3.06 bits per heavy atom. The lowest BCUT2D eigenvalue weighted by atomic mass is 10.3. The third-order valence-electron chi connectivity index (χ3n) is 2.15. The Kier molecular flexibility index (Phi) is 3.46. The summed E-state index contributed by atoms with van der Waals surface area (Å²) in [5, 5.41) is 22.8. The Balaban J connectivity index is 1.96. The van der Waals surface area contributed by atoms with Crippen LogP contribution in [0.3, 0.4) is 0 Å². The smallest absolute Gasteiger partial charge is 0.339 e. The predicted molar refractivity (Wildman–Crippen MR) is 60.2 cm³/mol. The van der Waals surface area contributed by atoms with Crippen molar-refractivity contribution in [3.63, 3.8) is 0 Å². The van der Waals surface area contributed by atoms with Crippen molar-refractivity contribution in [2.45, 2.75) is 13.3 Å². The molecule has 2 aromatic rings. The molecular weight excluding hydrogens is 238 g/mol. The monoisotopic (exact) mass is 249 g/mol. The number of hydrogen-bond donors (Lipinski definition) is 2. The van der Waals surface area contributed by atoms with Gasteiger partial charge >= 0.3 is 5.97 Å². The van der Waals surface area contributed by atoms with Crippen LogP contribution in [0.1, 0.15) is 22.1 Å². The number of aryl methyl sites for hydroxylation is 1. The zero-order chi connectivity index (χ0) is 13.0. The fourth-order valence-corrected chi connectivity index (χ4v) is 1.36. The number of nitrogens with zero attached hydrogens (tertiary/aromatic N) is 4. The maximum atomic E-state index is 10.9. The predicted octanol–water partition coefficient (Wildman–Crippen LogP) is 0.521. The van der Waals surface area contributed by atoms with Gasteiger partial charge in [0, 0.05) is 13.0 Å². The number of aromatic nitrogens is 4. The van der Waals surface area contributed by atoms with Crippen molar-refractivity contribution in [2.75, 3.05) is 11.9 Å². The van der Waals surface area contributed by atoms with Crippen LogP contribution in [0.5, 0.6) is 0 Å². The van der Waals surface area contributed by atoms with Gasteiger partial charge in [-0.25, -0.2) is 4.79 Å². The SMILES string of the molecule is Cc1noc(CCNc2nnccc2C(=O)O)n1. The van der Waals surface area contributed by atoms with Gasteiger partial charge in [0.2, 0.25) is 5.89 Å². The molecule has 0 saturated heterocycles. The standard InChI is InChI=1S/C10H11N5O3/c1-6-13-8(18-15-6)3-4-11-9-7(10(16)17)2-5-12-14-9/h2,5H,3-4H2,1H3,(H,11,14)(H,16,17). The lowest BCUT2D eigenvalue weighted by Gasteiger charge is -2.05. The molecule has 8 nitrogen and oxygen atoms in total. The molecule has 94 valence electrons. The highest BCUT2D eigenvalue weighted by Crippen LogP contribution is 2.09. The third kappa shape index (κ3) is 2.78. The van der Waals surface area contributed by atoms with Crippen LogP contribution in [0.25, 0.3) is 0 Å². The van der Waals surface area contributed by atoms with Crippen LogP contribution in [-0.2, 0) is 6.42 Å². The maximum Gasteiger partial charge on any atom is 0.339 e. The summed E-state index contributed by atoms with van der Waals surface area (Å²) in [5.41, 5.74) is 0.0757. The molecule has 0 aliphatic carbocycles. The molecule has 0 fully saturated rings. The Morgan fingerprint density at radius 2 is 2.39 bits per heavy atom. The third-order valence-corrected chi connectivity index (χ3v) is 2.15. The van der Waals surface area contributed by atoms with Crippen LogP contribution in [0.15, 0.2) is 16.8 Å². The average Bonchev–Trinajstić information content (AvgIpc) is 2.75. The van der Waals surface area contributed by atoms with Crippen LogP contribution < -0.4 is 5.32 Å². The minimum Gasteiger partial charge on any atom is -0.478 e. The number of nitrogens with one attached hydrogen (secondary N) is 1. The minimum atomic E-state index is -1.05. The number of aromatic carboxylic acids is 1. The molecule has 0 unspecified atom stereocenters. The van der Waals surface area contributed by atoms with E-state index in [2.05, 4.69) is 25.7 Å². The molecule has 0 radical (unpaired) electrons. The van der Waals surface area contributed by atoms with E-state index in [1.54, 1.807) is 6.92 Å². The van der Waals surface area contributed by atoms with Gasteiger partial charge in [0.05, 0.1) is 6.20 Å². The molecule has 0 amide bonds. The molecule has 18 heavy (non-hydrogen) atoms. The van der Waals surface area contributed by atoms with E-state index < -0.39 is 5.97 Å². The van der Waals surface area contributed by atoms with Gasteiger partial charge < -0.3 is 14.9 Å². The second kappa shape index (κ2) is 5.21. The minimum absolute atomic E-state index is 0.0757. The highest BCUT2D eigenvalue weighted by atomic mass is 16.5. The van der Waals surface area contributed by atoms with Crippen molar-refractivity contribution >= 4 is 11.8 Å². The molecule has 2 N–H and O–H groups in total. The zero-order valence-electron chi connectivity index (χ0n) is 9.62. The summed E-state index contributed by atoms with van der Waals surface area (Å²) in [6.45, 7) is 2.16. The number of anilines is 1. The van der Waals surface area contributed by atoms with Gasteiger partial charge in [-0.15, -0.1) is 5.10 Å². The van der Waals surface area contributed by atoms with Gasteiger partial charge in [0.1, 0.15) is 5.56 Å². The van der Waals surface area contributed by atoms with Gasteiger partial charge in [0.15, 0.2) is 11.6 Å². The van der Waals surface area contributed by atoms with Crippen LogP contribution >= 0.6 is 0 Å². The summed E-state index contributed by atoms with van der Waals surface area (Å²) >= 11 is 0. The first kappa shape index (κ1) is 12.0. The number of carboxylic acid groups (broad SMARTS) is 1. The fraction of sp³-hybridized carbons (Fsp3) is 0.300. The van der Waals surface area contributed by atoms with E-state index in [4.69, 9.17) is 9.63 Å². The molecule has 2 rings (SSSR count). The molecule has 0 bridgehead atoms. The van der Waals surface area contributed by atoms with Crippen LogP contribution in [0, 0.1) is 6.92 Å². The van der Waals surface area contributed by atoms with Crippen molar-refractivity contribution in [3.05, 3.63) is 29.5 Å². The molecule has 0 aliphatic heterocycles. The van der Waals surface area contributed by atoms with Crippen LogP contribution in [0.2, 0.25) is 0 Å². The number of carbonyl (C=O) groups is 1. The van der Waals surface area contributed by atoms with Gasteiger partial charge in [-0.3, -0.25) is 0 Å².